The van der Waals surface area contributed by atoms with Gasteiger partial charge in [0.1, 0.15) is 11.6 Å². The van der Waals surface area contributed by atoms with Gasteiger partial charge in [-0.25, -0.2) is 4.39 Å². The summed E-state index contributed by atoms with van der Waals surface area (Å²) in [6, 6.07) is 10.3. The second kappa shape index (κ2) is 4.65. The second-order valence-corrected chi connectivity index (χ2v) is 4.24. The number of fused-ring (bicyclic) bond motifs is 1. The third kappa shape index (κ3) is 2.07. The number of phenols is 1. The molecule has 6 heteroatoms. The highest BCUT2D eigenvalue weighted by Gasteiger charge is 2.13. The van der Waals surface area contributed by atoms with Crippen LogP contribution in [0.25, 0.3) is 10.9 Å². The number of carbonyl (C=O) groups is 1. The van der Waals surface area contributed by atoms with E-state index in [0.29, 0.717) is 11.1 Å². The normalized spacial score (nSPS) is 10.7. The summed E-state index contributed by atoms with van der Waals surface area (Å²) in [5.74, 6) is -0.687. The van der Waals surface area contributed by atoms with Crippen molar-refractivity contribution in [3.05, 3.63) is 53.8 Å². The minimum Gasteiger partial charge on any atom is -0.508 e. The van der Waals surface area contributed by atoms with Crippen molar-refractivity contribution in [1.82, 2.24) is 10.2 Å². The number of amides is 1. The van der Waals surface area contributed by atoms with E-state index in [4.69, 9.17) is 0 Å². The maximum atomic E-state index is 13.7. The van der Waals surface area contributed by atoms with E-state index in [1.54, 1.807) is 12.1 Å². The number of hydrogen-bond acceptors (Lipinski definition) is 3. The summed E-state index contributed by atoms with van der Waals surface area (Å²) in [5, 5.41) is 18.5. The van der Waals surface area contributed by atoms with Gasteiger partial charge in [0, 0.05) is 5.56 Å². The summed E-state index contributed by atoms with van der Waals surface area (Å²) < 4.78 is 13.7. The van der Waals surface area contributed by atoms with Crippen molar-refractivity contribution in [3.63, 3.8) is 0 Å². The summed E-state index contributed by atoms with van der Waals surface area (Å²) >= 11 is 0. The molecule has 100 valence electrons. The first-order chi connectivity index (χ1) is 9.65. The van der Waals surface area contributed by atoms with Crippen LogP contribution in [0.3, 0.4) is 0 Å². The monoisotopic (exact) mass is 271 g/mol. The molecule has 5 nitrogen and oxygen atoms in total. The topological polar surface area (TPSA) is 78.0 Å². The third-order valence-electron chi connectivity index (χ3n) is 2.90. The van der Waals surface area contributed by atoms with Crippen molar-refractivity contribution in [3.8, 4) is 5.75 Å². The largest absolute Gasteiger partial charge is 0.508 e. The average Bonchev–Trinajstić information content (AvgIpc) is 2.84. The molecule has 0 spiro atoms. The van der Waals surface area contributed by atoms with Gasteiger partial charge in [0.15, 0.2) is 5.82 Å². The lowest BCUT2D eigenvalue weighted by molar-refractivity contribution is 0.102. The Labute approximate surface area is 113 Å². The SMILES string of the molecule is O=C(Nc1n[nH]c2cccc(F)c12)c1ccc(O)cc1. The fourth-order valence-electron chi connectivity index (χ4n) is 1.91. The fourth-order valence-corrected chi connectivity index (χ4v) is 1.91. The van der Waals surface area contributed by atoms with Gasteiger partial charge in [0.25, 0.3) is 5.91 Å². The zero-order valence-corrected chi connectivity index (χ0v) is 10.2. The quantitative estimate of drug-likeness (QED) is 0.670. The van der Waals surface area contributed by atoms with Gasteiger partial charge in [-0.1, -0.05) is 6.07 Å². The zero-order valence-electron chi connectivity index (χ0n) is 10.2. The number of aromatic amines is 1. The van der Waals surface area contributed by atoms with Gasteiger partial charge >= 0.3 is 0 Å². The van der Waals surface area contributed by atoms with Crippen molar-refractivity contribution in [1.29, 1.82) is 0 Å². The highest BCUT2D eigenvalue weighted by atomic mass is 19.1. The van der Waals surface area contributed by atoms with Gasteiger partial charge in [0.05, 0.1) is 10.9 Å². The van der Waals surface area contributed by atoms with Crippen LogP contribution in [-0.4, -0.2) is 21.2 Å². The molecule has 0 fully saturated rings. The van der Waals surface area contributed by atoms with E-state index in [-0.39, 0.29) is 17.0 Å². The van der Waals surface area contributed by atoms with E-state index < -0.39 is 11.7 Å². The van der Waals surface area contributed by atoms with Crippen LogP contribution in [0, 0.1) is 5.82 Å². The molecule has 0 unspecified atom stereocenters. The molecule has 0 radical (unpaired) electrons. The van der Waals surface area contributed by atoms with E-state index >= 15 is 0 Å². The standard InChI is InChI=1S/C14H10FN3O2/c15-10-2-1-3-11-12(10)13(18-17-11)16-14(20)8-4-6-9(19)7-5-8/h1-7,19H,(H2,16,17,18,20). The number of carbonyl (C=O) groups excluding carboxylic acids is 1. The minimum absolute atomic E-state index is 0.0674. The predicted octanol–water partition coefficient (Wildman–Crippen LogP) is 2.66. The molecule has 20 heavy (non-hydrogen) atoms. The molecule has 3 aromatic rings. The van der Waals surface area contributed by atoms with Crippen LogP contribution in [0.15, 0.2) is 42.5 Å². The Morgan fingerprint density at radius 3 is 2.70 bits per heavy atom. The van der Waals surface area contributed by atoms with Crippen molar-refractivity contribution in [2.24, 2.45) is 0 Å². The molecule has 1 aromatic heterocycles. The summed E-state index contributed by atoms with van der Waals surface area (Å²) in [6.07, 6.45) is 0. The number of nitrogens with zero attached hydrogens (tertiary/aromatic N) is 1. The number of rotatable bonds is 2. The molecule has 0 aliphatic carbocycles. The number of aromatic nitrogens is 2. The van der Waals surface area contributed by atoms with Crippen molar-refractivity contribution in [2.75, 3.05) is 5.32 Å². The van der Waals surface area contributed by atoms with Crippen molar-refractivity contribution < 1.29 is 14.3 Å². The average molecular weight is 271 g/mol. The third-order valence-corrected chi connectivity index (χ3v) is 2.90. The van der Waals surface area contributed by atoms with E-state index in [1.807, 2.05) is 0 Å². The van der Waals surface area contributed by atoms with Crippen LogP contribution in [0.5, 0.6) is 5.75 Å². The fraction of sp³-hybridized carbons (Fsp3) is 0. The lowest BCUT2D eigenvalue weighted by Crippen LogP contribution is -2.12. The zero-order chi connectivity index (χ0) is 14.1. The van der Waals surface area contributed by atoms with Crippen molar-refractivity contribution >= 4 is 22.6 Å². The lowest BCUT2D eigenvalue weighted by Gasteiger charge is -2.03. The minimum atomic E-state index is -0.461. The predicted molar refractivity (Wildman–Crippen MR) is 72.1 cm³/mol. The molecule has 3 N–H and O–H groups in total. The van der Waals surface area contributed by atoms with Crippen molar-refractivity contribution in [2.45, 2.75) is 0 Å². The Morgan fingerprint density at radius 1 is 1.20 bits per heavy atom. The first-order valence-electron chi connectivity index (χ1n) is 5.88. The number of halogens is 1. The summed E-state index contributed by atoms with van der Waals surface area (Å²) in [6.45, 7) is 0. The van der Waals surface area contributed by atoms with Crippen LogP contribution in [0.4, 0.5) is 10.2 Å². The molecule has 0 aliphatic rings. The van der Waals surface area contributed by atoms with Crippen LogP contribution in [0.1, 0.15) is 10.4 Å². The maximum Gasteiger partial charge on any atom is 0.256 e. The number of H-pyrrole nitrogens is 1. The van der Waals surface area contributed by atoms with E-state index in [2.05, 4.69) is 15.5 Å². The molecule has 1 amide bonds. The van der Waals surface area contributed by atoms with Crippen LogP contribution < -0.4 is 5.32 Å². The molecule has 0 saturated carbocycles. The number of nitrogens with one attached hydrogen (secondary N) is 2. The molecular weight excluding hydrogens is 261 g/mol. The van der Waals surface area contributed by atoms with Gasteiger partial charge < -0.3 is 10.4 Å². The summed E-state index contributed by atoms with van der Waals surface area (Å²) in [7, 11) is 0. The van der Waals surface area contributed by atoms with Crippen LogP contribution >= 0.6 is 0 Å². The first kappa shape index (κ1) is 12.2. The summed E-state index contributed by atoms with van der Waals surface area (Å²) in [4.78, 5) is 12.0. The molecule has 0 saturated heterocycles. The number of aromatic hydroxyl groups is 1. The van der Waals surface area contributed by atoms with Crippen LogP contribution in [0.2, 0.25) is 0 Å². The highest BCUT2D eigenvalue weighted by Crippen LogP contribution is 2.23. The van der Waals surface area contributed by atoms with E-state index in [1.165, 1.54) is 30.3 Å². The molecule has 1 heterocycles. The highest BCUT2D eigenvalue weighted by molar-refractivity contribution is 6.07. The van der Waals surface area contributed by atoms with Gasteiger partial charge in [-0.15, -0.1) is 0 Å². The van der Waals surface area contributed by atoms with Gasteiger partial charge in [-0.2, -0.15) is 5.10 Å². The number of benzene rings is 2. The number of anilines is 1. The Balaban J connectivity index is 1.93. The van der Waals surface area contributed by atoms with E-state index in [9.17, 15) is 14.3 Å². The van der Waals surface area contributed by atoms with Gasteiger partial charge in [-0.05, 0) is 36.4 Å². The number of phenolic OH excluding ortho intramolecular Hbond substituents is 1. The molecule has 2 aromatic carbocycles. The van der Waals surface area contributed by atoms with E-state index in [0.717, 1.165) is 0 Å². The Bertz CT molecular complexity index is 781. The van der Waals surface area contributed by atoms with Gasteiger partial charge in [0.2, 0.25) is 0 Å². The smallest absolute Gasteiger partial charge is 0.256 e. The van der Waals surface area contributed by atoms with Crippen LogP contribution in [-0.2, 0) is 0 Å². The Kier molecular flexibility index (Phi) is 2.83. The molecule has 3 rings (SSSR count). The molecule has 0 atom stereocenters. The Hall–Kier alpha value is -2.89. The first-order valence-corrected chi connectivity index (χ1v) is 5.88. The molecular formula is C14H10FN3O2. The molecule has 0 bridgehead atoms. The summed E-state index contributed by atoms with van der Waals surface area (Å²) in [5.41, 5.74) is 0.848. The Morgan fingerprint density at radius 2 is 1.95 bits per heavy atom. The maximum absolute atomic E-state index is 13.7. The van der Waals surface area contributed by atoms with Gasteiger partial charge in [-0.3, -0.25) is 9.89 Å². The molecule has 0 aliphatic heterocycles. The lowest BCUT2D eigenvalue weighted by atomic mass is 10.2. The second-order valence-electron chi connectivity index (χ2n) is 4.24. The number of hydrogen-bond donors (Lipinski definition) is 3.